The summed E-state index contributed by atoms with van der Waals surface area (Å²) in [7, 11) is 3.42. The lowest BCUT2D eigenvalue weighted by Crippen LogP contribution is -2.54. The van der Waals surface area contributed by atoms with E-state index >= 15 is 0 Å². The second kappa shape index (κ2) is 6.86. The molecule has 2 aliphatic rings. The van der Waals surface area contributed by atoms with Gasteiger partial charge in [-0.05, 0) is 24.6 Å². The number of piperidine rings is 1. The smallest absolute Gasteiger partial charge is 0.256 e. The van der Waals surface area contributed by atoms with Crippen LogP contribution in [-0.2, 0) is 4.79 Å². The van der Waals surface area contributed by atoms with Gasteiger partial charge in [-0.1, -0.05) is 18.2 Å². The minimum absolute atomic E-state index is 0.0376. The maximum Gasteiger partial charge on any atom is 0.256 e. The molecule has 0 radical (unpaired) electrons. The van der Waals surface area contributed by atoms with E-state index in [0.29, 0.717) is 18.7 Å². The lowest BCUT2D eigenvalue weighted by atomic mass is 9.77. The van der Waals surface area contributed by atoms with Crippen molar-refractivity contribution in [2.75, 3.05) is 27.2 Å². The molecule has 4 heterocycles. The van der Waals surface area contributed by atoms with E-state index in [1.165, 1.54) is 11.0 Å². The van der Waals surface area contributed by atoms with Gasteiger partial charge in [0.05, 0.1) is 11.1 Å². The Hall–Kier alpha value is -3.35. The number of likely N-dealkylation sites (tertiary alicyclic amines) is 1. The normalized spacial score (nSPS) is 22.6. The Bertz CT molecular complexity index is 1210. The molecule has 1 aromatic carbocycles. The summed E-state index contributed by atoms with van der Waals surface area (Å²) in [5.74, 6) is -0.206. The topological polar surface area (TPSA) is 78.4 Å². The highest BCUT2D eigenvalue weighted by molar-refractivity contribution is 6.05. The number of aromatic nitrogens is 2. The first kappa shape index (κ1) is 18.7. The number of nitrogens with one attached hydrogen (secondary N) is 1. The Morgan fingerprint density at radius 1 is 1.07 bits per heavy atom. The number of H-pyrrole nitrogens is 1. The second-order valence-corrected chi connectivity index (χ2v) is 8.49. The Morgan fingerprint density at radius 3 is 2.67 bits per heavy atom. The standard InChI is InChI=1S/C23H24N4O3/c1-25(2)23(30)21-16-11-15(18-7-4-8-19(28)27(18)21)12-26(13-16)22(29)17-6-3-5-14-9-10-24-20(14)17/h3-10,15-16,21,24H,11-13H2,1-2H3/t15-,16+,21-/m1/s1. The molecule has 2 aromatic heterocycles. The van der Waals surface area contributed by atoms with Gasteiger partial charge in [0.25, 0.3) is 11.5 Å². The number of likely N-dealkylation sites (N-methyl/N-ethyl adjacent to an activating group) is 1. The first-order chi connectivity index (χ1) is 14.5. The van der Waals surface area contributed by atoms with E-state index in [0.717, 1.165) is 23.0 Å². The van der Waals surface area contributed by atoms with Gasteiger partial charge in [0.2, 0.25) is 5.91 Å². The summed E-state index contributed by atoms with van der Waals surface area (Å²) in [5.41, 5.74) is 2.15. The number of amides is 2. The number of carbonyl (C=O) groups excluding carboxylic acids is 2. The van der Waals surface area contributed by atoms with Crippen LogP contribution in [0.5, 0.6) is 0 Å². The number of benzene rings is 1. The van der Waals surface area contributed by atoms with Crippen molar-refractivity contribution in [3.05, 3.63) is 70.3 Å². The zero-order chi connectivity index (χ0) is 21.0. The van der Waals surface area contributed by atoms with Gasteiger partial charge in [0.15, 0.2) is 0 Å². The number of rotatable bonds is 2. The van der Waals surface area contributed by atoms with Crippen molar-refractivity contribution in [2.24, 2.45) is 5.92 Å². The number of hydrogen-bond donors (Lipinski definition) is 1. The predicted molar refractivity (Wildman–Crippen MR) is 113 cm³/mol. The summed E-state index contributed by atoms with van der Waals surface area (Å²) in [5, 5.41) is 0.996. The fourth-order valence-electron chi connectivity index (χ4n) is 5.12. The summed E-state index contributed by atoms with van der Waals surface area (Å²) in [6.45, 7) is 0.996. The summed E-state index contributed by atoms with van der Waals surface area (Å²) >= 11 is 0. The van der Waals surface area contributed by atoms with Crippen LogP contribution in [0.1, 0.15) is 34.4 Å². The van der Waals surface area contributed by atoms with Gasteiger partial charge in [-0.25, -0.2) is 0 Å². The highest BCUT2D eigenvalue weighted by atomic mass is 16.2. The third-order valence-corrected chi connectivity index (χ3v) is 6.45. The van der Waals surface area contributed by atoms with Crippen molar-refractivity contribution in [3.8, 4) is 0 Å². The summed E-state index contributed by atoms with van der Waals surface area (Å²) < 4.78 is 1.66. The Morgan fingerprint density at radius 2 is 1.87 bits per heavy atom. The summed E-state index contributed by atoms with van der Waals surface area (Å²) in [6.07, 6.45) is 2.63. The van der Waals surface area contributed by atoms with Crippen LogP contribution < -0.4 is 5.56 Å². The van der Waals surface area contributed by atoms with Gasteiger partial charge in [0.1, 0.15) is 6.04 Å². The van der Waals surface area contributed by atoms with Crippen molar-refractivity contribution in [1.82, 2.24) is 19.4 Å². The van der Waals surface area contributed by atoms with Gasteiger partial charge in [0, 0.05) is 62.4 Å². The van der Waals surface area contributed by atoms with E-state index in [1.807, 2.05) is 41.4 Å². The van der Waals surface area contributed by atoms with Crippen LogP contribution in [0, 0.1) is 5.92 Å². The molecular formula is C23H24N4O3. The fraction of sp³-hybridized carbons (Fsp3) is 0.348. The highest BCUT2D eigenvalue weighted by Gasteiger charge is 2.45. The molecule has 0 saturated carbocycles. The van der Waals surface area contributed by atoms with Crippen LogP contribution in [-0.4, -0.2) is 58.4 Å². The molecule has 1 N–H and O–H groups in total. The number of nitrogens with zero attached hydrogens (tertiary/aromatic N) is 3. The molecule has 0 spiro atoms. The van der Waals surface area contributed by atoms with Crippen molar-refractivity contribution in [1.29, 1.82) is 0 Å². The van der Waals surface area contributed by atoms with E-state index in [-0.39, 0.29) is 29.2 Å². The molecule has 2 amide bonds. The van der Waals surface area contributed by atoms with Crippen LogP contribution in [0.4, 0.5) is 0 Å². The molecule has 0 aliphatic carbocycles. The average molecular weight is 404 g/mol. The first-order valence-corrected chi connectivity index (χ1v) is 10.2. The van der Waals surface area contributed by atoms with E-state index in [4.69, 9.17) is 0 Å². The number of fused-ring (bicyclic) bond motifs is 5. The maximum atomic E-state index is 13.5. The van der Waals surface area contributed by atoms with Gasteiger partial charge in [-0.3, -0.25) is 19.0 Å². The molecule has 30 heavy (non-hydrogen) atoms. The Labute approximate surface area is 173 Å². The SMILES string of the molecule is CN(C)C(=O)[C@H]1[C@H]2C[C@H](CN(C(=O)c3cccc4cc[nH]c34)C2)c2cccc(=O)n21. The number of aromatic amines is 1. The molecule has 7 heteroatoms. The van der Waals surface area contributed by atoms with Crippen LogP contribution in [0.25, 0.3) is 10.9 Å². The molecule has 2 aliphatic heterocycles. The third-order valence-electron chi connectivity index (χ3n) is 6.45. The van der Waals surface area contributed by atoms with Gasteiger partial charge < -0.3 is 14.8 Å². The Balaban J connectivity index is 1.56. The number of hydrogen-bond acceptors (Lipinski definition) is 3. The molecule has 1 saturated heterocycles. The minimum atomic E-state index is -0.586. The molecule has 5 rings (SSSR count). The summed E-state index contributed by atoms with van der Waals surface area (Å²) in [4.78, 5) is 45.8. The molecule has 154 valence electrons. The zero-order valence-corrected chi connectivity index (χ0v) is 17.0. The van der Waals surface area contributed by atoms with E-state index in [2.05, 4.69) is 4.98 Å². The third kappa shape index (κ3) is 2.76. The van der Waals surface area contributed by atoms with Crippen LogP contribution in [0.15, 0.2) is 53.5 Å². The molecule has 3 atom stereocenters. The predicted octanol–water partition coefficient (Wildman–Crippen LogP) is 2.22. The van der Waals surface area contributed by atoms with Crippen LogP contribution >= 0.6 is 0 Å². The minimum Gasteiger partial charge on any atom is -0.361 e. The fourth-order valence-corrected chi connectivity index (χ4v) is 5.12. The number of para-hydroxylation sites is 1. The Kier molecular flexibility index (Phi) is 4.27. The molecule has 2 bridgehead atoms. The first-order valence-electron chi connectivity index (χ1n) is 10.2. The monoisotopic (exact) mass is 404 g/mol. The van der Waals surface area contributed by atoms with E-state index in [1.54, 1.807) is 24.7 Å². The van der Waals surface area contributed by atoms with Crippen LogP contribution in [0.2, 0.25) is 0 Å². The van der Waals surface area contributed by atoms with E-state index < -0.39 is 6.04 Å². The largest absolute Gasteiger partial charge is 0.361 e. The number of carbonyl (C=O) groups is 2. The average Bonchev–Trinajstić information content (AvgIpc) is 3.22. The zero-order valence-electron chi connectivity index (χ0n) is 17.0. The van der Waals surface area contributed by atoms with E-state index in [9.17, 15) is 14.4 Å². The highest BCUT2D eigenvalue weighted by Crippen LogP contribution is 2.42. The molecule has 1 fully saturated rings. The second-order valence-electron chi connectivity index (χ2n) is 8.49. The van der Waals surface area contributed by atoms with Gasteiger partial charge >= 0.3 is 0 Å². The maximum absolute atomic E-state index is 13.5. The van der Waals surface area contributed by atoms with Crippen molar-refractivity contribution in [2.45, 2.75) is 18.4 Å². The summed E-state index contributed by atoms with van der Waals surface area (Å²) in [6, 6.07) is 12.2. The molecular weight excluding hydrogens is 380 g/mol. The van der Waals surface area contributed by atoms with Crippen molar-refractivity contribution < 1.29 is 9.59 Å². The quantitative estimate of drug-likeness (QED) is 0.711. The van der Waals surface area contributed by atoms with Gasteiger partial charge in [-0.15, -0.1) is 0 Å². The molecule has 0 unspecified atom stereocenters. The van der Waals surface area contributed by atoms with Crippen LogP contribution in [0.3, 0.4) is 0 Å². The lowest BCUT2D eigenvalue weighted by molar-refractivity contribution is -0.135. The number of pyridine rings is 1. The lowest BCUT2D eigenvalue weighted by Gasteiger charge is -2.46. The van der Waals surface area contributed by atoms with Gasteiger partial charge in [-0.2, -0.15) is 0 Å². The molecule has 3 aromatic rings. The van der Waals surface area contributed by atoms with Crippen molar-refractivity contribution in [3.63, 3.8) is 0 Å². The van der Waals surface area contributed by atoms with Crippen molar-refractivity contribution >= 4 is 22.7 Å². The molecule has 7 nitrogen and oxygen atoms in total.